The summed E-state index contributed by atoms with van der Waals surface area (Å²) in [4.78, 5) is 25.3. The second kappa shape index (κ2) is 10.4. The molecule has 4 aromatic rings. The van der Waals surface area contributed by atoms with Crippen molar-refractivity contribution in [1.29, 1.82) is 0 Å². The fourth-order valence-electron chi connectivity index (χ4n) is 3.14. The molecule has 7 nitrogen and oxygen atoms in total. The largest absolute Gasteiger partial charge is 0.507 e. The van der Waals surface area contributed by atoms with Gasteiger partial charge in [-0.2, -0.15) is 0 Å². The van der Waals surface area contributed by atoms with Gasteiger partial charge in [-0.05, 0) is 19.1 Å². The summed E-state index contributed by atoms with van der Waals surface area (Å²) in [5.74, 6) is 1.26. The smallest absolute Gasteiger partial charge is 0.333 e. The third-order valence-corrected chi connectivity index (χ3v) is 4.84. The number of phenolic OH excluding ortho intramolecular Hbond substituents is 1. The first kappa shape index (κ1) is 22.7. The summed E-state index contributed by atoms with van der Waals surface area (Å²) in [6, 6.07) is 24.1. The summed E-state index contributed by atoms with van der Waals surface area (Å²) in [6.45, 7) is 5.32. The van der Waals surface area contributed by atoms with Crippen LogP contribution in [0.5, 0.6) is 11.5 Å². The third kappa shape index (κ3) is 5.45. The van der Waals surface area contributed by atoms with Gasteiger partial charge in [-0.25, -0.2) is 19.7 Å². The molecular formula is C27H23N3O4. The Hall–Kier alpha value is -4.52. The Bertz CT molecular complexity index is 1250. The van der Waals surface area contributed by atoms with Crippen LogP contribution < -0.4 is 4.74 Å². The molecule has 0 fully saturated rings. The average molecular weight is 453 g/mol. The second-order valence-corrected chi connectivity index (χ2v) is 7.48. The van der Waals surface area contributed by atoms with Gasteiger partial charge in [-0.3, -0.25) is 0 Å². The minimum atomic E-state index is -0.472. The lowest BCUT2D eigenvalue weighted by atomic mass is 10.1. The van der Waals surface area contributed by atoms with Gasteiger partial charge in [0.25, 0.3) is 0 Å². The molecule has 0 aliphatic heterocycles. The quantitative estimate of drug-likeness (QED) is 0.226. The summed E-state index contributed by atoms with van der Waals surface area (Å²) in [5, 5.41) is 10.7. The van der Waals surface area contributed by atoms with Gasteiger partial charge in [0.2, 0.25) is 0 Å². The highest BCUT2D eigenvalue weighted by Gasteiger charge is 2.15. The fraction of sp³-hybridized carbons (Fsp3) is 0.111. The van der Waals surface area contributed by atoms with Crippen molar-refractivity contribution < 1.29 is 19.4 Å². The van der Waals surface area contributed by atoms with Crippen LogP contribution in [0.15, 0.2) is 91.0 Å². The van der Waals surface area contributed by atoms with Crippen LogP contribution in [-0.2, 0) is 9.53 Å². The van der Waals surface area contributed by atoms with E-state index in [1.54, 1.807) is 19.1 Å². The summed E-state index contributed by atoms with van der Waals surface area (Å²) < 4.78 is 10.6. The van der Waals surface area contributed by atoms with E-state index in [1.165, 1.54) is 6.07 Å². The van der Waals surface area contributed by atoms with Gasteiger partial charge in [-0.1, -0.05) is 67.2 Å². The van der Waals surface area contributed by atoms with Crippen molar-refractivity contribution in [3.8, 4) is 45.7 Å². The summed E-state index contributed by atoms with van der Waals surface area (Å²) in [7, 11) is 0. The number of nitrogens with zero attached hydrogens (tertiary/aromatic N) is 3. The van der Waals surface area contributed by atoms with Crippen LogP contribution in [0.4, 0.5) is 0 Å². The van der Waals surface area contributed by atoms with Crippen molar-refractivity contribution in [1.82, 2.24) is 15.0 Å². The van der Waals surface area contributed by atoms with Crippen molar-refractivity contribution in [3.63, 3.8) is 0 Å². The Kier molecular flexibility index (Phi) is 6.93. The van der Waals surface area contributed by atoms with Crippen molar-refractivity contribution in [2.45, 2.75) is 6.92 Å². The molecule has 0 amide bonds. The molecule has 0 spiro atoms. The molecule has 1 heterocycles. The van der Waals surface area contributed by atoms with E-state index in [4.69, 9.17) is 9.47 Å². The van der Waals surface area contributed by atoms with E-state index in [-0.39, 0.29) is 19.0 Å². The number of hydrogen-bond acceptors (Lipinski definition) is 7. The highest BCUT2D eigenvalue weighted by atomic mass is 16.6. The Morgan fingerprint density at radius 1 is 0.824 bits per heavy atom. The normalized spacial score (nSPS) is 10.5. The van der Waals surface area contributed by atoms with Gasteiger partial charge in [-0.15, -0.1) is 0 Å². The topological polar surface area (TPSA) is 94.4 Å². The van der Waals surface area contributed by atoms with Gasteiger partial charge >= 0.3 is 5.97 Å². The molecule has 0 unspecified atom stereocenters. The van der Waals surface area contributed by atoms with Gasteiger partial charge in [0, 0.05) is 22.8 Å². The molecule has 0 radical (unpaired) electrons. The van der Waals surface area contributed by atoms with E-state index in [0.717, 1.165) is 11.1 Å². The standard InChI is InChI=1S/C27H23N3O4/c1-18(2)27(32)34-16-15-33-21-13-14-22(23(31)17-21)26-29-24(19-9-5-3-6-10-19)28-25(30-26)20-11-7-4-8-12-20/h3-14,17,31H,1,15-16H2,2H3. The maximum absolute atomic E-state index is 11.4. The first-order chi connectivity index (χ1) is 16.5. The van der Waals surface area contributed by atoms with Crippen LogP contribution in [0.3, 0.4) is 0 Å². The molecule has 0 saturated carbocycles. The maximum atomic E-state index is 11.4. The summed E-state index contributed by atoms with van der Waals surface area (Å²) >= 11 is 0. The molecule has 0 aliphatic rings. The minimum absolute atomic E-state index is 0.0411. The highest BCUT2D eigenvalue weighted by molar-refractivity contribution is 5.86. The number of carbonyl (C=O) groups is 1. The molecule has 4 rings (SSSR count). The predicted octanol–water partition coefficient (Wildman–Crippen LogP) is 5.08. The van der Waals surface area contributed by atoms with E-state index in [9.17, 15) is 9.90 Å². The van der Waals surface area contributed by atoms with Crippen molar-refractivity contribution in [2.75, 3.05) is 13.2 Å². The molecule has 170 valence electrons. The highest BCUT2D eigenvalue weighted by Crippen LogP contribution is 2.32. The number of carbonyl (C=O) groups excluding carboxylic acids is 1. The van der Waals surface area contributed by atoms with Gasteiger partial charge in [0.1, 0.15) is 24.7 Å². The molecular weight excluding hydrogens is 430 g/mol. The van der Waals surface area contributed by atoms with Crippen LogP contribution in [0.1, 0.15) is 6.92 Å². The van der Waals surface area contributed by atoms with Crippen LogP contribution in [0.2, 0.25) is 0 Å². The van der Waals surface area contributed by atoms with Gasteiger partial charge < -0.3 is 14.6 Å². The van der Waals surface area contributed by atoms with Crippen LogP contribution >= 0.6 is 0 Å². The lowest BCUT2D eigenvalue weighted by molar-refractivity contribution is -0.139. The van der Waals surface area contributed by atoms with E-state index in [1.807, 2.05) is 60.7 Å². The number of aromatic nitrogens is 3. The number of phenols is 1. The van der Waals surface area contributed by atoms with Crippen LogP contribution in [-0.4, -0.2) is 39.2 Å². The van der Waals surface area contributed by atoms with Gasteiger partial charge in [0.05, 0.1) is 5.56 Å². The number of hydrogen-bond donors (Lipinski definition) is 1. The number of ether oxygens (including phenoxy) is 2. The lowest BCUT2D eigenvalue weighted by Gasteiger charge is -2.11. The maximum Gasteiger partial charge on any atom is 0.333 e. The van der Waals surface area contributed by atoms with Crippen molar-refractivity contribution >= 4 is 5.97 Å². The zero-order valence-electron chi connectivity index (χ0n) is 18.6. The summed E-state index contributed by atoms with van der Waals surface area (Å²) in [5.41, 5.74) is 2.45. The predicted molar refractivity (Wildman–Crippen MR) is 129 cm³/mol. The fourth-order valence-corrected chi connectivity index (χ4v) is 3.14. The molecule has 0 bridgehead atoms. The Morgan fingerprint density at radius 3 is 1.91 bits per heavy atom. The number of aromatic hydroxyl groups is 1. The monoisotopic (exact) mass is 453 g/mol. The number of benzene rings is 3. The van der Waals surface area contributed by atoms with Crippen LogP contribution in [0, 0.1) is 0 Å². The molecule has 0 atom stereocenters. The molecule has 3 aromatic carbocycles. The Morgan fingerprint density at radius 2 is 1.38 bits per heavy atom. The van der Waals surface area contributed by atoms with E-state index < -0.39 is 5.97 Å². The second-order valence-electron chi connectivity index (χ2n) is 7.48. The van der Waals surface area contributed by atoms with Gasteiger partial charge in [0.15, 0.2) is 17.5 Å². The average Bonchev–Trinajstić information content (AvgIpc) is 2.87. The van der Waals surface area contributed by atoms with E-state index >= 15 is 0 Å². The molecule has 7 heteroatoms. The third-order valence-electron chi connectivity index (χ3n) is 4.84. The van der Waals surface area contributed by atoms with Crippen molar-refractivity contribution in [3.05, 3.63) is 91.0 Å². The molecule has 0 saturated heterocycles. The molecule has 1 N–H and O–H groups in total. The Labute approximate surface area is 197 Å². The number of rotatable bonds is 8. The molecule has 34 heavy (non-hydrogen) atoms. The molecule has 1 aromatic heterocycles. The summed E-state index contributed by atoms with van der Waals surface area (Å²) in [6.07, 6.45) is 0. The minimum Gasteiger partial charge on any atom is -0.507 e. The van der Waals surface area contributed by atoms with Crippen molar-refractivity contribution in [2.24, 2.45) is 0 Å². The van der Waals surface area contributed by atoms with E-state index in [0.29, 0.717) is 34.4 Å². The van der Waals surface area contributed by atoms with E-state index in [2.05, 4.69) is 21.5 Å². The first-order valence-corrected chi connectivity index (χ1v) is 10.7. The zero-order chi connectivity index (χ0) is 23.9. The molecule has 0 aliphatic carbocycles. The number of esters is 1. The SMILES string of the molecule is C=C(C)C(=O)OCCOc1ccc(-c2nc(-c3ccccc3)nc(-c3ccccc3)n2)c(O)c1. The Balaban J connectivity index is 1.61. The van der Waals surface area contributed by atoms with Crippen LogP contribution in [0.25, 0.3) is 34.2 Å². The lowest BCUT2D eigenvalue weighted by Crippen LogP contribution is -2.12. The first-order valence-electron chi connectivity index (χ1n) is 10.7. The zero-order valence-corrected chi connectivity index (χ0v) is 18.6.